The monoisotopic (exact) mass is 469 g/mol. The van der Waals surface area contributed by atoms with Crippen LogP contribution in [-0.4, -0.2) is 54.3 Å². The third-order valence-corrected chi connectivity index (χ3v) is 5.64. The van der Waals surface area contributed by atoms with Gasteiger partial charge in [-0.15, -0.1) is 0 Å². The Morgan fingerprint density at radius 3 is 2.64 bits per heavy atom. The van der Waals surface area contributed by atoms with E-state index in [4.69, 9.17) is 19.9 Å². The fraction of sp³-hybridized carbons (Fsp3) is 0.182. The van der Waals surface area contributed by atoms with Gasteiger partial charge in [0, 0.05) is 18.7 Å². The topological polar surface area (TPSA) is 137 Å². The second kappa shape index (κ2) is 9.65. The number of amides is 4. The smallest absolute Gasteiger partial charge is 0.293 e. The molecule has 1 saturated heterocycles. The van der Waals surface area contributed by atoms with Gasteiger partial charge < -0.3 is 25.3 Å². The van der Waals surface area contributed by atoms with E-state index in [2.05, 4.69) is 5.32 Å². The number of thioether (sulfide) groups is 1. The van der Waals surface area contributed by atoms with Gasteiger partial charge >= 0.3 is 0 Å². The molecule has 2 heterocycles. The molecule has 1 fully saturated rings. The van der Waals surface area contributed by atoms with E-state index in [0.29, 0.717) is 28.4 Å². The Kier molecular flexibility index (Phi) is 6.50. The molecule has 0 spiro atoms. The largest absolute Gasteiger partial charge is 0.484 e. The molecule has 2 aliphatic rings. The SMILES string of the molecule is NC(=O)c1ccc(OCC(=O)NCCN2C(=O)S/C(=C/c3ccc4c(c3)OCO4)C2=O)cc1. The predicted molar refractivity (Wildman–Crippen MR) is 119 cm³/mol. The number of fused-ring (bicyclic) bond motifs is 1. The van der Waals surface area contributed by atoms with Crippen LogP contribution in [0.25, 0.3) is 6.08 Å². The maximum Gasteiger partial charge on any atom is 0.293 e. The standard InChI is InChI=1S/C22H19N3O7S/c23-20(27)14-2-4-15(5-3-14)30-11-19(26)24-7-8-25-21(28)18(33-22(25)29)10-13-1-6-16-17(9-13)32-12-31-16/h1-6,9-10H,7-8,11-12H2,(H2,23,27)(H,24,26)/b18-10+. The molecule has 3 N–H and O–H groups in total. The molecule has 0 bridgehead atoms. The Morgan fingerprint density at radius 2 is 1.88 bits per heavy atom. The fourth-order valence-corrected chi connectivity index (χ4v) is 3.93. The molecule has 0 aromatic heterocycles. The van der Waals surface area contributed by atoms with E-state index >= 15 is 0 Å². The van der Waals surface area contributed by atoms with Crippen molar-refractivity contribution in [2.24, 2.45) is 5.73 Å². The number of nitrogens with zero attached hydrogens (tertiary/aromatic N) is 1. The maximum atomic E-state index is 12.6. The van der Waals surface area contributed by atoms with Crippen LogP contribution in [0.1, 0.15) is 15.9 Å². The molecule has 0 atom stereocenters. The summed E-state index contributed by atoms with van der Waals surface area (Å²) in [4.78, 5) is 49.3. The Morgan fingerprint density at radius 1 is 1.12 bits per heavy atom. The van der Waals surface area contributed by atoms with Crippen molar-refractivity contribution in [1.29, 1.82) is 0 Å². The molecule has 33 heavy (non-hydrogen) atoms. The number of hydrogen-bond acceptors (Lipinski definition) is 8. The van der Waals surface area contributed by atoms with Crippen LogP contribution in [0.4, 0.5) is 4.79 Å². The van der Waals surface area contributed by atoms with E-state index in [1.165, 1.54) is 24.3 Å². The summed E-state index contributed by atoms with van der Waals surface area (Å²) in [6, 6.07) is 11.3. The van der Waals surface area contributed by atoms with E-state index in [1.54, 1.807) is 24.3 Å². The number of primary amides is 1. The zero-order valence-corrected chi connectivity index (χ0v) is 18.1. The lowest BCUT2D eigenvalue weighted by Crippen LogP contribution is -2.38. The molecule has 4 amide bonds. The lowest BCUT2D eigenvalue weighted by molar-refractivity contribution is -0.125. The van der Waals surface area contributed by atoms with Crippen LogP contribution in [-0.2, 0) is 9.59 Å². The lowest BCUT2D eigenvalue weighted by atomic mass is 10.2. The number of carbonyl (C=O) groups is 4. The molecule has 2 aromatic rings. The average molecular weight is 469 g/mol. The zero-order chi connectivity index (χ0) is 23.4. The van der Waals surface area contributed by atoms with Crippen LogP contribution in [0.3, 0.4) is 0 Å². The van der Waals surface area contributed by atoms with E-state index in [0.717, 1.165) is 16.7 Å². The van der Waals surface area contributed by atoms with Crippen LogP contribution >= 0.6 is 11.8 Å². The summed E-state index contributed by atoms with van der Waals surface area (Å²) < 4.78 is 15.9. The van der Waals surface area contributed by atoms with E-state index in [-0.39, 0.29) is 31.4 Å². The number of hydrogen-bond donors (Lipinski definition) is 2. The molecular formula is C22H19N3O7S. The molecule has 0 saturated carbocycles. The van der Waals surface area contributed by atoms with E-state index in [1.807, 2.05) is 0 Å². The van der Waals surface area contributed by atoms with Gasteiger partial charge in [0.15, 0.2) is 18.1 Å². The van der Waals surface area contributed by atoms with Crippen molar-refractivity contribution in [3.63, 3.8) is 0 Å². The summed E-state index contributed by atoms with van der Waals surface area (Å²) in [6.45, 7) is -0.00416. The van der Waals surface area contributed by atoms with Crippen molar-refractivity contribution in [1.82, 2.24) is 10.2 Å². The lowest BCUT2D eigenvalue weighted by Gasteiger charge is -2.13. The zero-order valence-electron chi connectivity index (χ0n) is 17.2. The van der Waals surface area contributed by atoms with Crippen LogP contribution < -0.4 is 25.3 Å². The maximum absolute atomic E-state index is 12.6. The van der Waals surface area contributed by atoms with Gasteiger partial charge in [0.25, 0.3) is 17.1 Å². The molecule has 2 aromatic carbocycles. The Labute approximate surface area is 192 Å². The Bertz CT molecular complexity index is 1150. The van der Waals surface area contributed by atoms with Crippen molar-refractivity contribution in [2.45, 2.75) is 0 Å². The first-order valence-corrected chi connectivity index (χ1v) is 10.7. The van der Waals surface area contributed by atoms with Gasteiger partial charge in [-0.1, -0.05) is 6.07 Å². The van der Waals surface area contributed by atoms with E-state index in [9.17, 15) is 19.2 Å². The fourth-order valence-electron chi connectivity index (χ4n) is 3.07. The number of imide groups is 1. The van der Waals surface area contributed by atoms with Crippen LogP contribution in [0.15, 0.2) is 47.4 Å². The number of benzene rings is 2. The van der Waals surface area contributed by atoms with Crippen LogP contribution in [0.5, 0.6) is 17.2 Å². The molecule has 4 rings (SSSR count). The number of nitrogens with two attached hydrogens (primary N) is 1. The minimum absolute atomic E-state index is 0.0300. The van der Waals surface area contributed by atoms with Crippen LogP contribution in [0.2, 0.25) is 0 Å². The summed E-state index contributed by atoms with van der Waals surface area (Å²) in [5, 5.41) is 2.19. The van der Waals surface area contributed by atoms with Gasteiger partial charge in [-0.25, -0.2) is 0 Å². The number of nitrogens with one attached hydrogen (secondary N) is 1. The van der Waals surface area contributed by atoms with Crippen LogP contribution in [0, 0.1) is 0 Å². The summed E-state index contributed by atoms with van der Waals surface area (Å²) in [7, 11) is 0. The average Bonchev–Trinajstić information content (AvgIpc) is 3.37. The minimum Gasteiger partial charge on any atom is -0.484 e. The highest BCUT2D eigenvalue weighted by atomic mass is 32.2. The van der Waals surface area contributed by atoms with E-state index < -0.39 is 23.0 Å². The number of carbonyl (C=O) groups excluding carboxylic acids is 4. The highest BCUT2D eigenvalue weighted by Gasteiger charge is 2.34. The molecule has 0 aliphatic carbocycles. The van der Waals surface area contributed by atoms with Gasteiger partial charge in [0.05, 0.1) is 4.91 Å². The molecule has 11 heteroatoms. The first-order chi connectivity index (χ1) is 15.9. The minimum atomic E-state index is -0.558. The molecule has 0 radical (unpaired) electrons. The van der Waals surface area contributed by atoms with Gasteiger partial charge in [0.2, 0.25) is 12.7 Å². The highest BCUT2D eigenvalue weighted by Crippen LogP contribution is 2.36. The van der Waals surface area contributed by atoms with Gasteiger partial charge in [-0.2, -0.15) is 0 Å². The first-order valence-electron chi connectivity index (χ1n) is 9.85. The number of ether oxygens (including phenoxy) is 3. The first kappa shape index (κ1) is 22.2. The van der Waals surface area contributed by atoms with Gasteiger partial charge in [-0.05, 0) is 59.8 Å². The quantitative estimate of drug-likeness (QED) is 0.558. The Balaban J connectivity index is 1.25. The molecule has 0 unspecified atom stereocenters. The van der Waals surface area contributed by atoms with Crippen molar-refractivity contribution in [3.05, 3.63) is 58.5 Å². The summed E-state index contributed by atoms with van der Waals surface area (Å²) >= 11 is 0.836. The highest BCUT2D eigenvalue weighted by molar-refractivity contribution is 8.18. The second-order valence-electron chi connectivity index (χ2n) is 6.97. The van der Waals surface area contributed by atoms with Crippen molar-refractivity contribution >= 4 is 40.8 Å². The van der Waals surface area contributed by atoms with Crippen molar-refractivity contribution in [3.8, 4) is 17.2 Å². The molecule has 2 aliphatic heterocycles. The normalized spacial score (nSPS) is 15.8. The third kappa shape index (κ3) is 5.26. The van der Waals surface area contributed by atoms with Crippen molar-refractivity contribution in [2.75, 3.05) is 26.5 Å². The summed E-state index contributed by atoms with van der Waals surface area (Å²) in [5.74, 6) is 0.200. The predicted octanol–water partition coefficient (Wildman–Crippen LogP) is 1.75. The molecule has 10 nitrogen and oxygen atoms in total. The molecule has 170 valence electrons. The third-order valence-electron chi connectivity index (χ3n) is 4.73. The second-order valence-corrected chi connectivity index (χ2v) is 7.97. The summed E-state index contributed by atoms with van der Waals surface area (Å²) in [6.07, 6.45) is 1.61. The molecular weight excluding hydrogens is 450 g/mol. The van der Waals surface area contributed by atoms with Crippen molar-refractivity contribution < 1.29 is 33.4 Å². The van der Waals surface area contributed by atoms with Gasteiger partial charge in [-0.3, -0.25) is 24.1 Å². The Hall–Kier alpha value is -3.99. The number of rotatable bonds is 8. The van der Waals surface area contributed by atoms with Gasteiger partial charge in [0.1, 0.15) is 5.75 Å². The summed E-state index contributed by atoms with van der Waals surface area (Å²) in [5.41, 5.74) is 6.21.